The number of methoxy groups -OCH3 is 2. The number of carbonyl (C=O) groups excluding carboxylic acids is 1. The minimum absolute atomic E-state index is 0.0276. The number of hydrogen-bond acceptors (Lipinski definition) is 3. The first-order valence-electron chi connectivity index (χ1n) is 8.08. The van der Waals surface area contributed by atoms with Crippen LogP contribution in [0.2, 0.25) is 0 Å². The first-order valence-corrected chi connectivity index (χ1v) is 8.08. The van der Waals surface area contributed by atoms with E-state index < -0.39 is 0 Å². The van der Waals surface area contributed by atoms with Crippen molar-refractivity contribution >= 4 is 5.91 Å². The van der Waals surface area contributed by atoms with Gasteiger partial charge in [0.25, 0.3) is 0 Å². The van der Waals surface area contributed by atoms with Gasteiger partial charge in [-0.15, -0.1) is 0 Å². The number of nitrogens with one attached hydrogen (secondary N) is 1. The van der Waals surface area contributed by atoms with Crippen molar-refractivity contribution in [3.05, 3.63) is 58.7 Å². The normalized spacial score (nSPS) is 10.3. The molecule has 0 unspecified atom stereocenters. The van der Waals surface area contributed by atoms with Crippen molar-refractivity contribution in [2.45, 2.75) is 33.2 Å². The van der Waals surface area contributed by atoms with Gasteiger partial charge >= 0.3 is 0 Å². The molecular weight excluding hydrogens is 302 g/mol. The molecule has 2 aromatic rings. The van der Waals surface area contributed by atoms with Crippen molar-refractivity contribution in [1.82, 2.24) is 5.32 Å². The fourth-order valence-electron chi connectivity index (χ4n) is 2.75. The Hall–Kier alpha value is -2.49. The SMILES string of the molecule is COc1cccc(CNC(=O)CCc2ccc(C)cc2C)c1OC. The van der Waals surface area contributed by atoms with Gasteiger partial charge in [-0.3, -0.25) is 4.79 Å². The third kappa shape index (κ3) is 4.51. The van der Waals surface area contributed by atoms with Crippen molar-refractivity contribution in [3.8, 4) is 11.5 Å². The molecule has 0 atom stereocenters. The summed E-state index contributed by atoms with van der Waals surface area (Å²) in [5.41, 5.74) is 4.59. The van der Waals surface area contributed by atoms with Crippen LogP contribution in [0.15, 0.2) is 36.4 Å². The Morgan fingerprint density at radius 2 is 1.83 bits per heavy atom. The lowest BCUT2D eigenvalue weighted by atomic mass is 10.0. The molecule has 0 saturated carbocycles. The second kappa shape index (κ2) is 8.39. The lowest BCUT2D eigenvalue weighted by Crippen LogP contribution is -2.23. The van der Waals surface area contributed by atoms with Crippen LogP contribution in [0.25, 0.3) is 0 Å². The van der Waals surface area contributed by atoms with E-state index in [1.54, 1.807) is 14.2 Å². The van der Waals surface area contributed by atoms with E-state index in [1.807, 2.05) is 18.2 Å². The van der Waals surface area contributed by atoms with Gasteiger partial charge in [0.1, 0.15) is 0 Å². The van der Waals surface area contributed by atoms with Crippen LogP contribution in [0.4, 0.5) is 0 Å². The average Bonchev–Trinajstić information content (AvgIpc) is 2.58. The van der Waals surface area contributed by atoms with Crippen LogP contribution in [0.1, 0.15) is 28.7 Å². The molecule has 0 saturated heterocycles. The lowest BCUT2D eigenvalue weighted by molar-refractivity contribution is -0.121. The van der Waals surface area contributed by atoms with Crippen LogP contribution in [0.3, 0.4) is 0 Å². The molecule has 2 aromatic carbocycles. The van der Waals surface area contributed by atoms with Crippen molar-refractivity contribution < 1.29 is 14.3 Å². The maximum absolute atomic E-state index is 12.1. The maximum atomic E-state index is 12.1. The zero-order valence-electron chi connectivity index (χ0n) is 14.8. The second-order valence-corrected chi connectivity index (χ2v) is 5.86. The highest BCUT2D eigenvalue weighted by molar-refractivity contribution is 5.76. The molecule has 0 aliphatic carbocycles. The molecule has 0 bridgehead atoms. The molecule has 128 valence electrons. The highest BCUT2D eigenvalue weighted by atomic mass is 16.5. The number of hydrogen-bond donors (Lipinski definition) is 1. The van der Waals surface area contributed by atoms with E-state index in [-0.39, 0.29) is 5.91 Å². The van der Waals surface area contributed by atoms with Gasteiger partial charge in [-0.1, -0.05) is 35.9 Å². The molecule has 0 fully saturated rings. The molecule has 0 aliphatic heterocycles. The fraction of sp³-hybridized carbons (Fsp3) is 0.350. The Kier molecular flexibility index (Phi) is 6.24. The highest BCUT2D eigenvalue weighted by Crippen LogP contribution is 2.30. The van der Waals surface area contributed by atoms with Crippen LogP contribution in [-0.4, -0.2) is 20.1 Å². The van der Waals surface area contributed by atoms with Gasteiger partial charge in [0, 0.05) is 18.5 Å². The average molecular weight is 327 g/mol. The molecule has 0 aliphatic rings. The molecule has 0 radical (unpaired) electrons. The monoisotopic (exact) mass is 327 g/mol. The van der Waals surface area contributed by atoms with E-state index >= 15 is 0 Å². The Morgan fingerprint density at radius 3 is 2.50 bits per heavy atom. The van der Waals surface area contributed by atoms with Gasteiger partial charge in [-0.2, -0.15) is 0 Å². The van der Waals surface area contributed by atoms with E-state index in [1.165, 1.54) is 16.7 Å². The van der Waals surface area contributed by atoms with Crippen LogP contribution in [0, 0.1) is 13.8 Å². The predicted molar refractivity (Wildman–Crippen MR) is 95.6 cm³/mol. The number of amides is 1. The number of aryl methyl sites for hydroxylation is 3. The van der Waals surface area contributed by atoms with Gasteiger partial charge in [0.2, 0.25) is 5.91 Å². The highest BCUT2D eigenvalue weighted by Gasteiger charge is 2.11. The molecule has 0 spiro atoms. The zero-order chi connectivity index (χ0) is 17.5. The molecular formula is C20H25NO3. The predicted octanol–water partition coefficient (Wildman–Crippen LogP) is 3.57. The molecule has 1 amide bonds. The van der Waals surface area contributed by atoms with Crippen LogP contribution < -0.4 is 14.8 Å². The summed E-state index contributed by atoms with van der Waals surface area (Å²) in [5.74, 6) is 1.36. The van der Waals surface area contributed by atoms with Crippen LogP contribution in [0.5, 0.6) is 11.5 Å². The van der Waals surface area contributed by atoms with E-state index in [2.05, 4.69) is 37.4 Å². The molecule has 2 rings (SSSR count). The quantitative estimate of drug-likeness (QED) is 0.846. The summed E-state index contributed by atoms with van der Waals surface area (Å²) in [4.78, 5) is 12.1. The number of para-hydroxylation sites is 1. The summed E-state index contributed by atoms with van der Waals surface area (Å²) in [5, 5.41) is 2.95. The lowest BCUT2D eigenvalue weighted by Gasteiger charge is -2.13. The Balaban J connectivity index is 1.92. The number of rotatable bonds is 7. The summed E-state index contributed by atoms with van der Waals surface area (Å²) in [7, 11) is 3.20. The standard InChI is InChI=1S/C20H25NO3/c1-14-8-9-16(15(2)12-14)10-11-19(22)21-13-17-6-5-7-18(23-3)20(17)24-4/h5-9,12H,10-11,13H2,1-4H3,(H,21,22). The summed E-state index contributed by atoms with van der Waals surface area (Å²) in [6, 6.07) is 12.0. The van der Waals surface area contributed by atoms with Gasteiger partial charge in [0.15, 0.2) is 11.5 Å². The number of benzene rings is 2. The van der Waals surface area contributed by atoms with E-state index in [0.717, 1.165) is 12.0 Å². The first kappa shape index (κ1) is 17.9. The Bertz CT molecular complexity index is 710. The van der Waals surface area contributed by atoms with Gasteiger partial charge in [0.05, 0.1) is 14.2 Å². The van der Waals surface area contributed by atoms with Crippen molar-refractivity contribution in [2.75, 3.05) is 14.2 Å². The van der Waals surface area contributed by atoms with Gasteiger partial charge < -0.3 is 14.8 Å². The van der Waals surface area contributed by atoms with Gasteiger partial charge in [-0.05, 0) is 37.5 Å². The van der Waals surface area contributed by atoms with Crippen LogP contribution >= 0.6 is 0 Å². The maximum Gasteiger partial charge on any atom is 0.220 e. The van der Waals surface area contributed by atoms with Crippen LogP contribution in [-0.2, 0) is 17.8 Å². The second-order valence-electron chi connectivity index (χ2n) is 5.86. The molecule has 0 heterocycles. The molecule has 4 heteroatoms. The van der Waals surface area contributed by atoms with Gasteiger partial charge in [-0.25, -0.2) is 0 Å². The largest absolute Gasteiger partial charge is 0.493 e. The number of ether oxygens (including phenoxy) is 2. The fourth-order valence-corrected chi connectivity index (χ4v) is 2.75. The molecule has 24 heavy (non-hydrogen) atoms. The molecule has 1 N–H and O–H groups in total. The smallest absolute Gasteiger partial charge is 0.220 e. The summed E-state index contributed by atoms with van der Waals surface area (Å²) >= 11 is 0. The third-order valence-electron chi connectivity index (χ3n) is 4.08. The zero-order valence-corrected chi connectivity index (χ0v) is 14.8. The topological polar surface area (TPSA) is 47.6 Å². The van der Waals surface area contributed by atoms with E-state index in [0.29, 0.717) is 24.5 Å². The summed E-state index contributed by atoms with van der Waals surface area (Å²) in [6.45, 7) is 4.58. The van der Waals surface area contributed by atoms with E-state index in [4.69, 9.17) is 9.47 Å². The van der Waals surface area contributed by atoms with Crippen molar-refractivity contribution in [2.24, 2.45) is 0 Å². The van der Waals surface area contributed by atoms with E-state index in [9.17, 15) is 4.79 Å². The number of carbonyl (C=O) groups is 1. The minimum Gasteiger partial charge on any atom is -0.493 e. The third-order valence-corrected chi connectivity index (χ3v) is 4.08. The van der Waals surface area contributed by atoms with Crippen molar-refractivity contribution in [3.63, 3.8) is 0 Å². The van der Waals surface area contributed by atoms with Crippen molar-refractivity contribution in [1.29, 1.82) is 0 Å². The minimum atomic E-state index is 0.0276. The summed E-state index contributed by atoms with van der Waals surface area (Å²) in [6.07, 6.45) is 1.21. The molecule has 4 nitrogen and oxygen atoms in total. The molecule has 0 aromatic heterocycles. The first-order chi connectivity index (χ1) is 11.5. The Morgan fingerprint density at radius 1 is 1.04 bits per heavy atom. The Labute approximate surface area is 143 Å². The summed E-state index contributed by atoms with van der Waals surface area (Å²) < 4.78 is 10.7.